The third kappa shape index (κ3) is 6.40. The first-order valence-corrected chi connectivity index (χ1v) is 4.96. The van der Waals surface area contributed by atoms with Crippen molar-refractivity contribution in [2.24, 2.45) is 0 Å². The Morgan fingerprint density at radius 2 is 2.00 bits per heavy atom. The molecule has 0 fully saturated rings. The number of hydrazine groups is 1. The fourth-order valence-corrected chi connectivity index (χ4v) is 1.08. The first-order valence-electron chi connectivity index (χ1n) is 4.96. The molecule has 1 amide bonds. The molecular formula is C9H20N2O2. The summed E-state index contributed by atoms with van der Waals surface area (Å²) in [7, 11) is 0. The van der Waals surface area contributed by atoms with Crippen molar-refractivity contribution >= 4 is 6.09 Å². The maximum Gasteiger partial charge on any atom is 0.421 e. The van der Waals surface area contributed by atoms with E-state index in [0.717, 1.165) is 13.0 Å². The van der Waals surface area contributed by atoms with Crippen LogP contribution in [0.25, 0.3) is 0 Å². The molecule has 0 saturated carbocycles. The van der Waals surface area contributed by atoms with Gasteiger partial charge in [-0.2, -0.15) is 0 Å². The molecule has 0 unspecified atom stereocenters. The van der Waals surface area contributed by atoms with Gasteiger partial charge in [0.05, 0.1) is 0 Å². The van der Waals surface area contributed by atoms with Gasteiger partial charge >= 0.3 is 6.09 Å². The molecule has 0 atom stereocenters. The highest BCUT2D eigenvalue weighted by Crippen LogP contribution is 1.97. The molecular weight excluding hydrogens is 168 g/mol. The van der Waals surface area contributed by atoms with E-state index in [1.165, 1.54) is 24.3 Å². The summed E-state index contributed by atoms with van der Waals surface area (Å²) < 4.78 is 0. The first-order chi connectivity index (χ1) is 6.22. The SMILES string of the molecule is CCCCCCNN(CC)C(=O)O. The summed E-state index contributed by atoms with van der Waals surface area (Å²) in [6.45, 7) is 5.21. The van der Waals surface area contributed by atoms with Crippen LogP contribution in [-0.2, 0) is 0 Å². The Kier molecular flexibility index (Phi) is 7.39. The van der Waals surface area contributed by atoms with Crippen LogP contribution in [0.15, 0.2) is 0 Å². The molecule has 4 nitrogen and oxygen atoms in total. The summed E-state index contributed by atoms with van der Waals surface area (Å²) in [5.41, 5.74) is 2.86. The largest absolute Gasteiger partial charge is 0.464 e. The number of amides is 1. The van der Waals surface area contributed by atoms with Gasteiger partial charge in [0.15, 0.2) is 0 Å². The van der Waals surface area contributed by atoms with Crippen LogP contribution in [0.2, 0.25) is 0 Å². The van der Waals surface area contributed by atoms with E-state index in [0.29, 0.717) is 6.54 Å². The molecule has 2 N–H and O–H groups in total. The van der Waals surface area contributed by atoms with Gasteiger partial charge in [-0.1, -0.05) is 26.2 Å². The molecule has 0 radical (unpaired) electrons. The number of rotatable bonds is 7. The van der Waals surface area contributed by atoms with E-state index in [-0.39, 0.29) is 0 Å². The van der Waals surface area contributed by atoms with Crippen LogP contribution in [-0.4, -0.2) is 29.3 Å². The van der Waals surface area contributed by atoms with E-state index in [4.69, 9.17) is 5.11 Å². The number of hydrogen-bond donors (Lipinski definition) is 2. The lowest BCUT2D eigenvalue weighted by Crippen LogP contribution is -2.42. The van der Waals surface area contributed by atoms with Crippen molar-refractivity contribution in [2.75, 3.05) is 13.1 Å². The van der Waals surface area contributed by atoms with Gasteiger partial charge < -0.3 is 5.11 Å². The predicted molar refractivity (Wildman–Crippen MR) is 52.5 cm³/mol. The molecule has 4 heteroatoms. The topological polar surface area (TPSA) is 52.6 Å². The minimum absolute atomic E-state index is 0.489. The third-order valence-electron chi connectivity index (χ3n) is 1.88. The first kappa shape index (κ1) is 12.2. The normalized spacial score (nSPS) is 10.0. The van der Waals surface area contributed by atoms with E-state index in [1.54, 1.807) is 0 Å². The van der Waals surface area contributed by atoms with Crippen molar-refractivity contribution in [3.63, 3.8) is 0 Å². The summed E-state index contributed by atoms with van der Waals surface area (Å²) >= 11 is 0. The Labute approximate surface area is 79.9 Å². The maximum atomic E-state index is 10.5. The zero-order valence-corrected chi connectivity index (χ0v) is 8.55. The molecule has 0 aromatic rings. The molecule has 78 valence electrons. The molecule has 0 bridgehead atoms. The van der Waals surface area contributed by atoms with Gasteiger partial charge in [-0.15, -0.1) is 0 Å². The maximum absolute atomic E-state index is 10.5. The number of carboxylic acid groups (broad SMARTS) is 1. The van der Waals surface area contributed by atoms with Crippen molar-refractivity contribution < 1.29 is 9.90 Å². The summed E-state index contributed by atoms with van der Waals surface area (Å²) in [4.78, 5) is 10.5. The van der Waals surface area contributed by atoms with Crippen LogP contribution in [0.3, 0.4) is 0 Å². The molecule has 0 spiro atoms. The van der Waals surface area contributed by atoms with Gasteiger partial charge in [0, 0.05) is 13.1 Å². The van der Waals surface area contributed by atoms with Crippen LogP contribution in [0, 0.1) is 0 Å². The molecule has 0 aliphatic carbocycles. The quantitative estimate of drug-likeness (QED) is 0.475. The van der Waals surface area contributed by atoms with Gasteiger partial charge in [-0.25, -0.2) is 15.2 Å². The second-order valence-corrected chi connectivity index (χ2v) is 3.00. The number of nitrogens with zero attached hydrogens (tertiary/aromatic N) is 1. The lowest BCUT2D eigenvalue weighted by molar-refractivity contribution is 0.123. The van der Waals surface area contributed by atoms with Crippen LogP contribution in [0.4, 0.5) is 4.79 Å². The minimum Gasteiger partial charge on any atom is -0.464 e. The minimum atomic E-state index is -0.905. The summed E-state index contributed by atoms with van der Waals surface area (Å²) in [5, 5.41) is 9.85. The summed E-state index contributed by atoms with van der Waals surface area (Å²) in [5.74, 6) is 0. The molecule has 0 aliphatic rings. The molecule has 0 aromatic carbocycles. The fraction of sp³-hybridized carbons (Fsp3) is 0.889. The lowest BCUT2D eigenvalue weighted by atomic mass is 10.2. The molecule has 0 aromatic heterocycles. The van der Waals surface area contributed by atoms with Gasteiger partial charge in [0.1, 0.15) is 0 Å². The van der Waals surface area contributed by atoms with E-state index in [2.05, 4.69) is 12.3 Å². The fourth-order valence-electron chi connectivity index (χ4n) is 1.08. The van der Waals surface area contributed by atoms with Crippen molar-refractivity contribution in [1.82, 2.24) is 10.4 Å². The average molecular weight is 188 g/mol. The Morgan fingerprint density at radius 3 is 2.46 bits per heavy atom. The van der Waals surface area contributed by atoms with Crippen molar-refractivity contribution in [3.05, 3.63) is 0 Å². The van der Waals surface area contributed by atoms with Gasteiger partial charge in [-0.3, -0.25) is 0 Å². The zero-order chi connectivity index (χ0) is 10.1. The van der Waals surface area contributed by atoms with Crippen LogP contribution in [0.5, 0.6) is 0 Å². The van der Waals surface area contributed by atoms with Crippen LogP contribution in [0.1, 0.15) is 39.5 Å². The smallest absolute Gasteiger partial charge is 0.421 e. The van der Waals surface area contributed by atoms with Crippen molar-refractivity contribution in [1.29, 1.82) is 0 Å². The second-order valence-electron chi connectivity index (χ2n) is 3.00. The predicted octanol–water partition coefficient (Wildman–Crippen LogP) is 2.07. The average Bonchev–Trinajstić information content (AvgIpc) is 2.10. The van der Waals surface area contributed by atoms with E-state index in [9.17, 15) is 4.79 Å². The standard InChI is InChI=1S/C9H20N2O2/c1-3-5-6-7-8-10-11(4-2)9(12)13/h10H,3-8H2,1-2H3,(H,12,13). The Bertz CT molecular complexity index is 140. The molecule has 0 rings (SSSR count). The third-order valence-corrected chi connectivity index (χ3v) is 1.88. The summed E-state index contributed by atoms with van der Waals surface area (Å²) in [6, 6.07) is 0. The number of carbonyl (C=O) groups is 1. The van der Waals surface area contributed by atoms with E-state index >= 15 is 0 Å². The van der Waals surface area contributed by atoms with Gasteiger partial charge in [0.25, 0.3) is 0 Å². The van der Waals surface area contributed by atoms with Gasteiger partial charge in [0.2, 0.25) is 0 Å². The summed E-state index contributed by atoms with van der Waals surface area (Å²) in [6.07, 6.45) is 3.73. The number of nitrogens with one attached hydrogen (secondary N) is 1. The van der Waals surface area contributed by atoms with Crippen molar-refractivity contribution in [3.8, 4) is 0 Å². The van der Waals surface area contributed by atoms with Gasteiger partial charge in [-0.05, 0) is 13.3 Å². The number of hydrogen-bond acceptors (Lipinski definition) is 2. The van der Waals surface area contributed by atoms with E-state index < -0.39 is 6.09 Å². The molecule has 0 heterocycles. The highest BCUT2D eigenvalue weighted by atomic mass is 16.4. The van der Waals surface area contributed by atoms with Crippen LogP contribution >= 0.6 is 0 Å². The highest BCUT2D eigenvalue weighted by Gasteiger charge is 2.06. The second kappa shape index (κ2) is 7.86. The van der Waals surface area contributed by atoms with Crippen LogP contribution < -0.4 is 5.43 Å². The monoisotopic (exact) mass is 188 g/mol. The lowest BCUT2D eigenvalue weighted by Gasteiger charge is -2.17. The Morgan fingerprint density at radius 1 is 1.31 bits per heavy atom. The zero-order valence-electron chi connectivity index (χ0n) is 8.55. The Hall–Kier alpha value is -0.770. The molecule has 0 saturated heterocycles. The van der Waals surface area contributed by atoms with E-state index in [1.807, 2.05) is 6.92 Å². The molecule has 0 aliphatic heterocycles. The van der Waals surface area contributed by atoms with Crippen molar-refractivity contribution in [2.45, 2.75) is 39.5 Å². The Balaban J connectivity index is 3.33. The molecule has 13 heavy (non-hydrogen) atoms. The highest BCUT2D eigenvalue weighted by molar-refractivity contribution is 5.64. The number of unbranched alkanes of at least 4 members (excludes halogenated alkanes) is 3.